The Morgan fingerprint density at radius 2 is 1.95 bits per heavy atom. The lowest BCUT2D eigenvalue weighted by molar-refractivity contribution is 0.140. The highest BCUT2D eigenvalue weighted by Crippen LogP contribution is 2.09. The third-order valence-electron chi connectivity index (χ3n) is 3.09. The third-order valence-corrected chi connectivity index (χ3v) is 3.09. The Kier molecular flexibility index (Phi) is 7.30. The molecule has 0 fully saturated rings. The van der Waals surface area contributed by atoms with Crippen LogP contribution in [0.15, 0.2) is 12.3 Å². The molecule has 0 spiro atoms. The minimum Gasteiger partial charge on any atom is -0.476 e. The first-order valence-corrected chi connectivity index (χ1v) is 7.50. The number of hydrogen-bond donors (Lipinski definition) is 1. The van der Waals surface area contributed by atoms with E-state index in [0.29, 0.717) is 30.5 Å². The Balaban J connectivity index is 2.45. The zero-order valence-electron chi connectivity index (χ0n) is 13.4. The lowest BCUT2D eigenvalue weighted by Gasteiger charge is -2.30. The van der Waals surface area contributed by atoms with Crippen LogP contribution in [0.4, 0.5) is 5.95 Å². The van der Waals surface area contributed by atoms with Gasteiger partial charge in [-0.25, -0.2) is 4.98 Å². The van der Waals surface area contributed by atoms with E-state index in [1.54, 1.807) is 12.3 Å². The van der Waals surface area contributed by atoms with Gasteiger partial charge in [0.25, 0.3) is 0 Å². The van der Waals surface area contributed by atoms with Crippen LogP contribution < -0.4 is 10.1 Å². The molecule has 114 valence electrons. The van der Waals surface area contributed by atoms with Crippen LogP contribution in [0.2, 0.25) is 0 Å². The first-order valence-electron chi connectivity index (χ1n) is 7.50. The number of nitrogens with one attached hydrogen (secondary N) is 1. The summed E-state index contributed by atoms with van der Waals surface area (Å²) in [4.78, 5) is 10.9. The first kappa shape index (κ1) is 16.7. The van der Waals surface area contributed by atoms with E-state index >= 15 is 0 Å². The van der Waals surface area contributed by atoms with Crippen molar-refractivity contribution >= 4 is 5.95 Å². The molecular weight excluding hydrogens is 252 g/mol. The van der Waals surface area contributed by atoms with Gasteiger partial charge in [-0.2, -0.15) is 4.98 Å². The topological polar surface area (TPSA) is 50.3 Å². The highest BCUT2D eigenvalue weighted by molar-refractivity contribution is 5.27. The number of ether oxygens (including phenoxy) is 1. The number of rotatable bonds is 9. The van der Waals surface area contributed by atoms with Crippen LogP contribution in [0, 0.1) is 0 Å². The second kappa shape index (κ2) is 8.74. The van der Waals surface area contributed by atoms with Gasteiger partial charge in [-0.05, 0) is 34.1 Å². The molecule has 1 N–H and O–H groups in total. The van der Waals surface area contributed by atoms with Crippen molar-refractivity contribution in [2.75, 3.05) is 25.0 Å². The summed E-state index contributed by atoms with van der Waals surface area (Å²) < 4.78 is 5.72. The van der Waals surface area contributed by atoms with Gasteiger partial charge in [0.15, 0.2) is 0 Å². The molecule has 0 aliphatic carbocycles. The van der Waals surface area contributed by atoms with Crippen LogP contribution in [0.3, 0.4) is 0 Å². The van der Waals surface area contributed by atoms with Gasteiger partial charge in [0.05, 0.1) is 0 Å². The maximum absolute atomic E-state index is 5.72. The van der Waals surface area contributed by atoms with E-state index in [0.717, 1.165) is 19.5 Å². The second-order valence-corrected chi connectivity index (χ2v) is 5.42. The van der Waals surface area contributed by atoms with Crippen molar-refractivity contribution in [3.05, 3.63) is 12.3 Å². The summed E-state index contributed by atoms with van der Waals surface area (Å²) in [6.45, 7) is 13.3. The maximum atomic E-state index is 5.72. The summed E-state index contributed by atoms with van der Waals surface area (Å²) in [6, 6.07) is 2.84. The predicted molar refractivity (Wildman–Crippen MR) is 83.3 cm³/mol. The molecule has 0 saturated heterocycles. The zero-order chi connectivity index (χ0) is 15.0. The van der Waals surface area contributed by atoms with Crippen LogP contribution in [0.25, 0.3) is 0 Å². The molecule has 1 heterocycles. The lowest BCUT2D eigenvalue weighted by Crippen LogP contribution is -2.39. The van der Waals surface area contributed by atoms with Crippen LogP contribution in [-0.2, 0) is 0 Å². The van der Waals surface area contributed by atoms with Gasteiger partial charge in [-0.15, -0.1) is 0 Å². The van der Waals surface area contributed by atoms with E-state index in [-0.39, 0.29) is 0 Å². The largest absolute Gasteiger partial charge is 0.476 e. The Bertz CT molecular complexity index is 374. The molecule has 1 rings (SSSR count). The van der Waals surface area contributed by atoms with Crippen molar-refractivity contribution in [1.82, 2.24) is 14.9 Å². The van der Waals surface area contributed by atoms with E-state index in [4.69, 9.17) is 4.74 Å². The molecule has 5 nitrogen and oxygen atoms in total. The molecule has 1 aromatic heterocycles. The monoisotopic (exact) mass is 280 g/mol. The van der Waals surface area contributed by atoms with E-state index in [9.17, 15) is 0 Å². The SMILES string of the molecule is CCCNc1nccc(OCCN(C(C)C)C(C)C)n1. The molecule has 0 bridgehead atoms. The average Bonchev–Trinajstić information content (AvgIpc) is 2.41. The molecule has 20 heavy (non-hydrogen) atoms. The Hall–Kier alpha value is -1.36. The van der Waals surface area contributed by atoms with Crippen LogP contribution in [0.1, 0.15) is 41.0 Å². The highest BCUT2D eigenvalue weighted by atomic mass is 16.5. The van der Waals surface area contributed by atoms with Crippen molar-refractivity contribution in [2.24, 2.45) is 0 Å². The number of nitrogens with zero attached hydrogens (tertiary/aromatic N) is 3. The van der Waals surface area contributed by atoms with Gasteiger partial charge in [-0.3, -0.25) is 4.90 Å². The standard InChI is InChI=1S/C15H28N4O/c1-6-8-16-15-17-9-7-14(18-15)20-11-10-19(12(2)3)13(4)5/h7,9,12-13H,6,8,10-11H2,1-5H3,(H,16,17,18). The number of aromatic nitrogens is 2. The molecule has 0 amide bonds. The van der Waals surface area contributed by atoms with Gasteiger partial charge < -0.3 is 10.1 Å². The van der Waals surface area contributed by atoms with Crippen LogP contribution >= 0.6 is 0 Å². The van der Waals surface area contributed by atoms with Crippen molar-refractivity contribution in [1.29, 1.82) is 0 Å². The average molecular weight is 280 g/mol. The maximum Gasteiger partial charge on any atom is 0.225 e. The molecule has 0 aliphatic rings. The minimum atomic E-state index is 0.519. The summed E-state index contributed by atoms with van der Waals surface area (Å²) in [5, 5.41) is 3.16. The van der Waals surface area contributed by atoms with Crippen molar-refractivity contribution in [2.45, 2.75) is 53.1 Å². The summed E-state index contributed by atoms with van der Waals surface area (Å²) in [5.74, 6) is 1.26. The van der Waals surface area contributed by atoms with Crippen LogP contribution in [-0.4, -0.2) is 46.6 Å². The van der Waals surface area contributed by atoms with Crippen molar-refractivity contribution in [3.63, 3.8) is 0 Å². The Morgan fingerprint density at radius 3 is 2.55 bits per heavy atom. The highest BCUT2D eigenvalue weighted by Gasteiger charge is 2.13. The Labute approximate surface area is 122 Å². The second-order valence-electron chi connectivity index (χ2n) is 5.42. The lowest BCUT2D eigenvalue weighted by atomic mass is 10.2. The van der Waals surface area contributed by atoms with E-state index < -0.39 is 0 Å². The van der Waals surface area contributed by atoms with E-state index in [1.807, 2.05) is 0 Å². The van der Waals surface area contributed by atoms with Gasteiger partial charge in [0.1, 0.15) is 6.61 Å². The molecular formula is C15H28N4O. The fourth-order valence-corrected chi connectivity index (χ4v) is 2.11. The normalized spacial score (nSPS) is 11.4. The summed E-state index contributed by atoms with van der Waals surface area (Å²) >= 11 is 0. The molecule has 0 radical (unpaired) electrons. The first-order chi connectivity index (χ1) is 9.54. The van der Waals surface area contributed by atoms with E-state index in [2.05, 4.69) is 54.8 Å². The number of hydrogen-bond acceptors (Lipinski definition) is 5. The van der Waals surface area contributed by atoms with Gasteiger partial charge in [0.2, 0.25) is 11.8 Å². The van der Waals surface area contributed by atoms with Crippen molar-refractivity contribution < 1.29 is 4.74 Å². The van der Waals surface area contributed by atoms with E-state index in [1.165, 1.54) is 0 Å². The molecule has 0 aliphatic heterocycles. The molecule has 0 atom stereocenters. The quantitative estimate of drug-likeness (QED) is 0.754. The summed E-state index contributed by atoms with van der Waals surface area (Å²) in [7, 11) is 0. The van der Waals surface area contributed by atoms with Crippen molar-refractivity contribution in [3.8, 4) is 5.88 Å². The fraction of sp³-hybridized carbons (Fsp3) is 0.733. The van der Waals surface area contributed by atoms with Gasteiger partial charge >= 0.3 is 0 Å². The van der Waals surface area contributed by atoms with Gasteiger partial charge in [-0.1, -0.05) is 6.92 Å². The minimum absolute atomic E-state index is 0.519. The molecule has 0 saturated carbocycles. The van der Waals surface area contributed by atoms with Gasteiger partial charge in [0, 0.05) is 37.4 Å². The molecule has 0 unspecified atom stereocenters. The predicted octanol–water partition coefficient (Wildman–Crippen LogP) is 2.80. The third kappa shape index (κ3) is 5.74. The van der Waals surface area contributed by atoms with Crippen LogP contribution in [0.5, 0.6) is 5.88 Å². The summed E-state index contributed by atoms with van der Waals surface area (Å²) in [6.07, 6.45) is 2.77. The summed E-state index contributed by atoms with van der Waals surface area (Å²) in [5.41, 5.74) is 0. The fourth-order valence-electron chi connectivity index (χ4n) is 2.11. The Morgan fingerprint density at radius 1 is 1.25 bits per heavy atom. The molecule has 1 aromatic rings. The number of anilines is 1. The molecule has 5 heteroatoms. The zero-order valence-corrected chi connectivity index (χ0v) is 13.4. The molecule has 0 aromatic carbocycles. The smallest absolute Gasteiger partial charge is 0.225 e.